The number of hydrogen-bond donors (Lipinski definition) is 2. The normalized spacial score (nSPS) is 13.6. The van der Waals surface area contributed by atoms with E-state index in [1.807, 2.05) is 0 Å². The van der Waals surface area contributed by atoms with Crippen LogP contribution in [-0.4, -0.2) is 0 Å². The summed E-state index contributed by atoms with van der Waals surface area (Å²) < 4.78 is 38.6. The SMILES string of the molecule is CCCCCC(NN)c1ccccc1C(F)(F)F. The first-order valence-electron chi connectivity index (χ1n) is 6.13. The molecule has 5 heteroatoms. The number of unbranched alkanes of at least 4 members (excludes halogenated alkanes) is 2. The van der Waals surface area contributed by atoms with Crippen LogP contribution >= 0.6 is 0 Å². The van der Waals surface area contributed by atoms with Crippen molar-refractivity contribution in [3.05, 3.63) is 35.4 Å². The Labute approximate surface area is 105 Å². The Hall–Kier alpha value is -1.07. The van der Waals surface area contributed by atoms with Crippen molar-refractivity contribution in [2.45, 2.75) is 44.8 Å². The Balaban J connectivity index is 2.91. The number of halogens is 3. The lowest BCUT2D eigenvalue weighted by molar-refractivity contribution is -0.138. The molecule has 0 bridgehead atoms. The van der Waals surface area contributed by atoms with E-state index in [-0.39, 0.29) is 5.56 Å². The van der Waals surface area contributed by atoms with Crippen molar-refractivity contribution >= 4 is 0 Å². The van der Waals surface area contributed by atoms with Gasteiger partial charge in [-0.15, -0.1) is 0 Å². The molecule has 1 rings (SSSR count). The highest BCUT2D eigenvalue weighted by molar-refractivity contribution is 5.32. The summed E-state index contributed by atoms with van der Waals surface area (Å²) in [5.74, 6) is 5.38. The summed E-state index contributed by atoms with van der Waals surface area (Å²) >= 11 is 0. The summed E-state index contributed by atoms with van der Waals surface area (Å²) in [6, 6.07) is 5.13. The van der Waals surface area contributed by atoms with Gasteiger partial charge in [0.2, 0.25) is 0 Å². The van der Waals surface area contributed by atoms with Crippen LogP contribution in [0, 0.1) is 0 Å². The Morgan fingerprint density at radius 1 is 1.22 bits per heavy atom. The highest BCUT2D eigenvalue weighted by Gasteiger charge is 2.34. The van der Waals surface area contributed by atoms with Crippen LogP contribution < -0.4 is 11.3 Å². The van der Waals surface area contributed by atoms with E-state index >= 15 is 0 Å². The van der Waals surface area contributed by atoms with Gasteiger partial charge < -0.3 is 0 Å². The van der Waals surface area contributed by atoms with Crippen molar-refractivity contribution in [1.82, 2.24) is 5.43 Å². The summed E-state index contributed by atoms with van der Waals surface area (Å²) in [6.45, 7) is 2.05. The fraction of sp³-hybridized carbons (Fsp3) is 0.538. The van der Waals surface area contributed by atoms with Crippen molar-refractivity contribution in [3.63, 3.8) is 0 Å². The summed E-state index contributed by atoms with van der Waals surface area (Å²) in [7, 11) is 0. The molecule has 1 aromatic carbocycles. The first kappa shape index (κ1) is 15.0. The van der Waals surface area contributed by atoms with E-state index in [4.69, 9.17) is 5.84 Å². The van der Waals surface area contributed by atoms with Gasteiger partial charge in [-0.2, -0.15) is 13.2 Å². The lowest BCUT2D eigenvalue weighted by Gasteiger charge is -2.21. The number of benzene rings is 1. The molecule has 0 aromatic heterocycles. The molecule has 0 saturated heterocycles. The van der Waals surface area contributed by atoms with Crippen LogP contribution in [0.3, 0.4) is 0 Å². The van der Waals surface area contributed by atoms with Crippen molar-refractivity contribution in [2.75, 3.05) is 0 Å². The van der Waals surface area contributed by atoms with Crippen LogP contribution in [0.2, 0.25) is 0 Å². The standard InChI is InChI=1S/C13H19F3N2/c1-2-3-4-9-12(18-17)10-7-5-6-8-11(10)13(14,15)16/h5-8,12,18H,2-4,9,17H2,1H3. The second-order valence-corrected chi connectivity index (χ2v) is 4.30. The smallest absolute Gasteiger partial charge is 0.271 e. The van der Waals surface area contributed by atoms with Gasteiger partial charge in [0.1, 0.15) is 0 Å². The number of rotatable bonds is 6. The summed E-state index contributed by atoms with van der Waals surface area (Å²) in [4.78, 5) is 0. The van der Waals surface area contributed by atoms with E-state index in [1.165, 1.54) is 12.1 Å². The third-order valence-electron chi connectivity index (χ3n) is 2.94. The van der Waals surface area contributed by atoms with Gasteiger partial charge in [0.05, 0.1) is 5.56 Å². The van der Waals surface area contributed by atoms with E-state index in [9.17, 15) is 13.2 Å². The van der Waals surface area contributed by atoms with Gasteiger partial charge in [0.15, 0.2) is 0 Å². The molecule has 1 unspecified atom stereocenters. The maximum atomic E-state index is 12.9. The first-order valence-corrected chi connectivity index (χ1v) is 6.13. The van der Waals surface area contributed by atoms with Gasteiger partial charge in [-0.05, 0) is 18.1 Å². The van der Waals surface area contributed by atoms with E-state index in [0.717, 1.165) is 25.3 Å². The molecule has 0 heterocycles. The molecule has 0 amide bonds. The predicted molar refractivity (Wildman–Crippen MR) is 65.7 cm³/mol. The number of alkyl halides is 3. The summed E-state index contributed by atoms with van der Waals surface area (Å²) in [5, 5.41) is 0. The minimum absolute atomic E-state index is 0.226. The quantitative estimate of drug-likeness (QED) is 0.464. The van der Waals surface area contributed by atoms with E-state index in [2.05, 4.69) is 12.3 Å². The first-order chi connectivity index (χ1) is 8.50. The van der Waals surface area contributed by atoms with Gasteiger partial charge in [0, 0.05) is 6.04 Å². The van der Waals surface area contributed by atoms with Crippen LogP contribution in [0.25, 0.3) is 0 Å². The number of nitrogens with two attached hydrogens (primary N) is 1. The van der Waals surface area contributed by atoms with Crippen molar-refractivity contribution in [1.29, 1.82) is 0 Å². The third-order valence-corrected chi connectivity index (χ3v) is 2.94. The average Bonchev–Trinajstić information content (AvgIpc) is 2.34. The van der Waals surface area contributed by atoms with Crippen molar-refractivity contribution < 1.29 is 13.2 Å². The second-order valence-electron chi connectivity index (χ2n) is 4.30. The van der Waals surface area contributed by atoms with Crippen LogP contribution in [0.1, 0.15) is 49.8 Å². The topological polar surface area (TPSA) is 38.0 Å². The highest BCUT2D eigenvalue weighted by atomic mass is 19.4. The van der Waals surface area contributed by atoms with Gasteiger partial charge in [0.25, 0.3) is 0 Å². The predicted octanol–water partition coefficient (Wildman–Crippen LogP) is 3.79. The minimum Gasteiger partial charge on any atom is -0.271 e. The Morgan fingerprint density at radius 2 is 1.89 bits per heavy atom. The Kier molecular flexibility index (Phi) is 5.62. The van der Waals surface area contributed by atoms with Crippen LogP contribution in [0.15, 0.2) is 24.3 Å². The third kappa shape index (κ3) is 3.99. The average molecular weight is 260 g/mol. The molecule has 0 aliphatic heterocycles. The molecule has 1 atom stereocenters. The van der Waals surface area contributed by atoms with Crippen molar-refractivity contribution in [2.24, 2.45) is 5.84 Å². The minimum atomic E-state index is -4.34. The fourth-order valence-electron chi connectivity index (χ4n) is 1.99. The highest BCUT2D eigenvalue weighted by Crippen LogP contribution is 2.35. The molecule has 3 N–H and O–H groups in total. The van der Waals surface area contributed by atoms with E-state index in [1.54, 1.807) is 6.07 Å². The maximum absolute atomic E-state index is 12.9. The fourth-order valence-corrected chi connectivity index (χ4v) is 1.99. The molecular weight excluding hydrogens is 241 g/mol. The molecule has 18 heavy (non-hydrogen) atoms. The summed E-state index contributed by atoms with van der Waals surface area (Å²) in [6.07, 6.45) is -0.851. The number of hydrazine groups is 1. The van der Waals surface area contributed by atoms with E-state index < -0.39 is 17.8 Å². The van der Waals surface area contributed by atoms with Gasteiger partial charge in [-0.3, -0.25) is 11.3 Å². The van der Waals surface area contributed by atoms with Gasteiger partial charge in [-0.1, -0.05) is 44.4 Å². The second kappa shape index (κ2) is 6.75. The molecule has 1 aromatic rings. The largest absolute Gasteiger partial charge is 0.416 e. The summed E-state index contributed by atoms with van der Waals surface area (Å²) in [5.41, 5.74) is 2.11. The van der Waals surface area contributed by atoms with E-state index in [0.29, 0.717) is 6.42 Å². The molecule has 102 valence electrons. The maximum Gasteiger partial charge on any atom is 0.416 e. The Bertz CT molecular complexity index is 363. The molecular formula is C13H19F3N2. The molecule has 0 aliphatic carbocycles. The zero-order valence-corrected chi connectivity index (χ0v) is 10.4. The molecule has 0 radical (unpaired) electrons. The van der Waals surface area contributed by atoms with Crippen LogP contribution in [0.4, 0.5) is 13.2 Å². The lowest BCUT2D eigenvalue weighted by Crippen LogP contribution is -2.29. The Morgan fingerprint density at radius 3 is 2.44 bits per heavy atom. The van der Waals surface area contributed by atoms with Crippen LogP contribution in [-0.2, 0) is 6.18 Å². The molecule has 2 nitrogen and oxygen atoms in total. The number of nitrogens with one attached hydrogen (secondary N) is 1. The molecule has 0 saturated carbocycles. The lowest BCUT2D eigenvalue weighted by atomic mass is 9.96. The zero-order chi connectivity index (χ0) is 13.6. The van der Waals surface area contributed by atoms with Crippen molar-refractivity contribution in [3.8, 4) is 0 Å². The molecule has 0 aliphatic rings. The molecule has 0 spiro atoms. The van der Waals surface area contributed by atoms with Crippen LogP contribution in [0.5, 0.6) is 0 Å². The van der Waals surface area contributed by atoms with Gasteiger partial charge >= 0.3 is 6.18 Å². The van der Waals surface area contributed by atoms with Gasteiger partial charge in [-0.25, -0.2) is 0 Å². The molecule has 0 fully saturated rings. The zero-order valence-electron chi connectivity index (χ0n) is 10.4. The number of hydrogen-bond acceptors (Lipinski definition) is 2. The monoisotopic (exact) mass is 260 g/mol.